The van der Waals surface area contributed by atoms with Gasteiger partial charge in [0.1, 0.15) is 0 Å². The zero-order valence-corrected chi connectivity index (χ0v) is 12.7. The summed E-state index contributed by atoms with van der Waals surface area (Å²) in [7, 11) is 0. The van der Waals surface area contributed by atoms with E-state index in [0.29, 0.717) is 0 Å². The molecular formula is C16H27NS. The molecule has 1 aliphatic rings. The topological polar surface area (TPSA) is 12.0 Å². The summed E-state index contributed by atoms with van der Waals surface area (Å²) in [6.45, 7) is 5.70. The summed E-state index contributed by atoms with van der Waals surface area (Å²) in [5.41, 5.74) is 0. The van der Waals surface area contributed by atoms with Gasteiger partial charge in [0.15, 0.2) is 0 Å². The van der Waals surface area contributed by atoms with Crippen molar-refractivity contribution in [2.45, 2.75) is 64.8 Å². The van der Waals surface area contributed by atoms with Crippen molar-refractivity contribution < 1.29 is 0 Å². The van der Waals surface area contributed by atoms with Gasteiger partial charge in [-0.3, -0.25) is 0 Å². The van der Waals surface area contributed by atoms with Crippen LogP contribution in [0.4, 0.5) is 0 Å². The molecule has 2 atom stereocenters. The van der Waals surface area contributed by atoms with Crippen molar-refractivity contribution in [3.63, 3.8) is 0 Å². The standard InChI is InChI=1S/C16H27NS/c1-3-11-17-16-8-6-5-7-13(16)12-15-10-9-14(4-2)18-15/h9-10,13,16-17H,3-8,11-12H2,1-2H3. The second-order valence-corrected chi connectivity index (χ2v) is 6.78. The number of nitrogens with one attached hydrogen (secondary N) is 1. The monoisotopic (exact) mass is 265 g/mol. The van der Waals surface area contributed by atoms with Crippen LogP contribution < -0.4 is 5.32 Å². The number of rotatable bonds is 6. The number of aryl methyl sites for hydroxylation is 1. The lowest BCUT2D eigenvalue weighted by Gasteiger charge is -2.32. The minimum Gasteiger partial charge on any atom is -0.314 e. The van der Waals surface area contributed by atoms with E-state index in [4.69, 9.17) is 0 Å². The van der Waals surface area contributed by atoms with E-state index in [1.54, 1.807) is 9.75 Å². The lowest BCUT2D eigenvalue weighted by molar-refractivity contribution is 0.262. The largest absolute Gasteiger partial charge is 0.314 e. The Morgan fingerprint density at radius 2 is 1.94 bits per heavy atom. The van der Waals surface area contributed by atoms with Crippen molar-refractivity contribution in [3.05, 3.63) is 21.9 Å². The summed E-state index contributed by atoms with van der Waals surface area (Å²) in [5.74, 6) is 0.869. The number of thiophene rings is 1. The van der Waals surface area contributed by atoms with Gasteiger partial charge < -0.3 is 5.32 Å². The maximum atomic E-state index is 3.77. The summed E-state index contributed by atoms with van der Waals surface area (Å²) in [6, 6.07) is 5.44. The Hall–Kier alpha value is -0.340. The highest BCUT2D eigenvalue weighted by Crippen LogP contribution is 2.30. The van der Waals surface area contributed by atoms with Gasteiger partial charge in [-0.1, -0.05) is 26.7 Å². The normalized spacial score (nSPS) is 24.3. The highest BCUT2D eigenvalue weighted by Gasteiger charge is 2.24. The lowest BCUT2D eigenvalue weighted by Crippen LogP contribution is -2.39. The van der Waals surface area contributed by atoms with Gasteiger partial charge in [0, 0.05) is 15.8 Å². The average Bonchev–Trinajstić information content (AvgIpc) is 2.85. The SMILES string of the molecule is CCCNC1CCCCC1Cc1ccc(CC)s1. The first-order valence-electron chi connectivity index (χ1n) is 7.64. The molecule has 2 rings (SSSR count). The van der Waals surface area contributed by atoms with E-state index in [-0.39, 0.29) is 0 Å². The second kappa shape index (κ2) is 7.30. The van der Waals surface area contributed by atoms with Crippen LogP contribution in [-0.4, -0.2) is 12.6 Å². The third-order valence-electron chi connectivity index (χ3n) is 4.09. The van der Waals surface area contributed by atoms with Gasteiger partial charge >= 0.3 is 0 Å². The molecule has 2 heteroatoms. The van der Waals surface area contributed by atoms with Gasteiger partial charge in [-0.15, -0.1) is 11.3 Å². The molecule has 1 heterocycles. The predicted octanol–water partition coefficient (Wildman–Crippen LogP) is 4.41. The van der Waals surface area contributed by atoms with Crippen LogP contribution in [0.5, 0.6) is 0 Å². The molecule has 0 radical (unpaired) electrons. The average molecular weight is 265 g/mol. The van der Waals surface area contributed by atoms with Gasteiger partial charge in [-0.2, -0.15) is 0 Å². The summed E-state index contributed by atoms with van der Waals surface area (Å²) in [4.78, 5) is 3.14. The Bertz CT molecular complexity index is 345. The van der Waals surface area contributed by atoms with Gasteiger partial charge in [-0.25, -0.2) is 0 Å². The van der Waals surface area contributed by atoms with Gasteiger partial charge in [0.2, 0.25) is 0 Å². The second-order valence-electron chi connectivity index (χ2n) is 5.53. The highest BCUT2D eigenvalue weighted by atomic mass is 32.1. The summed E-state index contributed by atoms with van der Waals surface area (Å²) in [5, 5.41) is 3.77. The molecule has 0 saturated heterocycles. The fourth-order valence-electron chi connectivity index (χ4n) is 3.03. The molecule has 0 bridgehead atoms. The maximum Gasteiger partial charge on any atom is 0.00987 e. The zero-order chi connectivity index (χ0) is 12.8. The van der Waals surface area contributed by atoms with Crippen LogP contribution in [0.3, 0.4) is 0 Å². The third kappa shape index (κ3) is 3.83. The van der Waals surface area contributed by atoms with Gasteiger partial charge in [0.25, 0.3) is 0 Å². The lowest BCUT2D eigenvalue weighted by atomic mass is 9.82. The molecule has 0 aliphatic heterocycles. The Kier molecular flexibility index (Phi) is 5.71. The highest BCUT2D eigenvalue weighted by molar-refractivity contribution is 7.11. The summed E-state index contributed by atoms with van der Waals surface area (Å²) >= 11 is 2.02. The first-order chi connectivity index (χ1) is 8.83. The molecule has 1 saturated carbocycles. The van der Waals surface area contributed by atoms with Gasteiger partial charge in [0.05, 0.1) is 0 Å². The Morgan fingerprint density at radius 1 is 1.17 bits per heavy atom. The molecule has 0 amide bonds. The number of hydrogen-bond donors (Lipinski definition) is 1. The van der Waals surface area contributed by atoms with Crippen LogP contribution in [0.25, 0.3) is 0 Å². The molecule has 0 aromatic carbocycles. The summed E-state index contributed by atoms with van der Waals surface area (Å²) in [6.07, 6.45) is 9.39. The van der Waals surface area contributed by atoms with Crippen molar-refractivity contribution in [2.24, 2.45) is 5.92 Å². The van der Waals surface area contributed by atoms with E-state index in [9.17, 15) is 0 Å². The van der Waals surface area contributed by atoms with E-state index in [1.807, 2.05) is 11.3 Å². The van der Waals surface area contributed by atoms with Crippen molar-refractivity contribution in [1.82, 2.24) is 5.32 Å². The quantitative estimate of drug-likeness (QED) is 0.803. The maximum absolute atomic E-state index is 3.77. The van der Waals surface area contributed by atoms with Crippen molar-refractivity contribution >= 4 is 11.3 Å². The molecule has 2 unspecified atom stereocenters. The molecular weight excluding hydrogens is 238 g/mol. The minimum absolute atomic E-state index is 0.769. The first-order valence-corrected chi connectivity index (χ1v) is 8.46. The third-order valence-corrected chi connectivity index (χ3v) is 5.35. The fourth-order valence-corrected chi connectivity index (χ4v) is 4.08. The van der Waals surface area contributed by atoms with E-state index in [0.717, 1.165) is 12.0 Å². The smallest absolute Gasteiger partial charge is 0.00987 e. The molecule has 102 valence electrons. The van der Waals surface area contributed by atoms with E-state index < -0.39 is 0 Å². The molecule has 1 aliphatic carbocycles. The van der Waals surface area contributed by atoms with Crippen LogP contribution in [0.1, 0.15) is 55.7 Å². The van der Waals surface area contributed by atoms with Crippen molar-refractivity contribution in [1.29, 1.82) is 0 Å². The minimum atomic E-state index is 0.769. The number of hydrogen-bond acceptors (Lipinski definition) is 2. The van der Waals surface area contributed by atoms with Crippen LogP contribution in [0, 0.1) is 5.92 Å². The fraction of sp³-hybridized carbons (Fsp3) is 0.750. The van der Waals surface area contributed by atoms with Crippen LogP contribution >= 0.6 is 11.3 Å². The molecule has 0 spiro atoms. The molecule has 1 aromatic heterocycles. The van der Waals surface area contributed by atoms with E-state index in [1.165, 1.54) is 51.5 Å². The predicted molar refractivity (Wildman–Crippen MR) is 81.4 cm³/mol. The van der Waals surface area contributed by atoms with Gasteiger partial charge in [-0.05, 0) is 56.7 Å². The first kappa shape index (κ1) is 14.1. The van der Waals surface area contributed by atoms with Crippen molar-refractivity contribution in [2.75, 3.05) is 6.54 Å². The Labute approximate surface area is 116 Å². The zero-order valence-electron chi connectivity index (χ0n) is 11.9. The van der Waals surface area contributed by atoms with Crippen LogP contribution in [0.2, 0.25) is 0 Å². The van der Waals surface area contributed by atoms with Crippen molar-refractivity contribution in [3.8, 4) is 0 Å². The van der Waals surface area contributed by atoms with Crippen LogP contribution in [-0.2, 0) is 12.8 Å². The van der Waals surface area contributed by atoms with E-state index in [2.05, 4.69) is 31.3 Å². The van der Waals surface area contributed by atoms with E-state index >= 15 is 0 Å². The Morgan fingerprint density at radius 3 is 2.67 bits per heavy atom. The molecule has 1 N–H and O–H groups in total. The van der Waals surface area contributed by atoms with Crippen LogP contribution in [0.15, 0.2) is 12.1 Å². The molecule has 18 heavy (non-hydrogen) atoms. The summed E-state index contributed by atoms with van der Waals surface area (Å²) < 4.78 is 0. The Balaban J connectivity index is 1.91. The molecule has 1 nitrogen and oxygen atoms in total. The molecule has 1 aromatic rings. The molecule has 1 fully saturated rings.